The van der Waals surface area contributed by atoms with Gasteiger partial charge in [-0.2, -0.15) is 10.2 Å². The number of amides is 1. The molecule has 36 heavy (non-hydrogen) atoms. The highest BCUT2D eigenvalue weighted by Gasteiger charge is 2.19. The summed E-state index contributed by atoms with van der Waals surface area (Å²) in [5.41, 5.74) is 12.0. The van der Waals surface area contributed by atoms with Crippen LogP contribution in [0.15, 0.2) is 73.2 Å². The first kappa shape index (κ1) is 23.2. The maximum atomic E-state index is 13.9. The molecule has 178 valence electrons. The molecule has 2 N–H and O–H groups in total. The SMILES string of the molecule is BC(F)c1cccc(Cn2cc(-c3ccc4ncnn4c3/C=C/C(N)=O)c(-c3cccc(C)n3)n2)c1. The van der Waals surface area contributed by atoms with Crippen LogP contribution in [0.5, 0.6) is 0 Å². The minimum atomic E-state index is -1.06. The Kier molecular flexibility index (Phi) is 6.16. The van der Waals surface area contributed by atoms with Crippen LogP contribution in [0.4, 0.5) is 4.39 Å². The van der Waals surface area contributed by atoms with Gasteiger partial charge >= 0.3 is 0 Å². The van der Waals surface area contributed by atoms with Crippen LogP contribution in [-0.2, 0) is 11.3 Å². The van der Waals surface area contributed by atoms with Crippen molar-refractivity contribution in [2.24, 2.45) is 5.73 Å². The van der Waals surface area contributed by atoms with Crippen molar-refractivity contribution in [3.8, 4) is 22.5 Å². The molecule has 0 radical (unpaired) electrons. The van der Waals surface area contributed by atoms with Gasteiger partial charge in [0.15, 0.2) is 13.5 Å². The van der Waals surface area contributed by atoms with Gasteiger partial charge in [0.25, 0.3) is 0 Å². The van der Waals surface area contributed by atoms with Gasteiger partial charge in [0.05, 0.1) is 24.0 Å². The van der Waals surface area contributed by atoms with Gasteiger partial charge in [0.2, 0.25) is 5.91 Å². The fourth-order valence-electron chi connectivity index (χ4n) is 4.15. The molecule has 0 bridgehead atoms. The molecule has 0 fully saturated rings. The Balaban J connectivity index is 1.69. The summed E-state index contributed by atoms with van der Waals surface area (Å²) in [6, 6.07) is 16.9. The van der Waals surface area contributed by atoms with Crippen molar-refractivity contribution in [3.05, 3.63) is 95.7 Å². The predicted molar refractivity (Wildman–Crippen MR) is 138 cm³/mol. The zero-order valence-corrected chi connectivity index (χ0v) is 19.8. The number of fused-ring (bicyclic) bond motifs is 1. The van der Waals surface area contributed by atoms with E-state index in [1.54, 1.807) is 16.7 Å². The van der Waals surface area contributed by atoms with E-state index in [0.29, 0.717) is 34.8 Å². The van der Waals surface area contributed by atoms with Crippen molar-refractivity contribution in [2.45, 2.75) is 19.5 Å². The highest BCUT2D eigenvalue weighted by atomic mass is 19.1. The quantitative estimate of drug-likeness (QED) is 0.285. The number of aromatic nitrogens is 6. The highest BCUT2D eigenvalue weighted by Crippen LogP contribution is 2.34. The lowest BCUT2D eigenvalue weighted by Crippen LogP contribution is -2.06. The number of nitrogens with zero attached hydrogens (tertiary/aromatic N) is 6. The standard InChI is InChI=1S/C26H23BFN7O/c1-16-4-2-7-21(32-16)25-20(14-34(33-25)13-17-5-3-6-18(12-17)26(27)28)19-8-11-24-30-15-31-35(24)22(19)9-10-23(29)36/h2-12,14-15,26H,13,27H2,1H3,(H2,29,36)/b10-9+. The molecule has 1 atom stereocenters. The van der Waals surface area contributed by atoms with E-state index in [9.17, 15) is 9.18 Å². The van der Waals surface area contributed by atoms with E-state index >= 15 is 0 Å². The number of halogens is 1. The monoisotopic (exact) mass is 479 g/mol. The molecule has 0 spiro atoms. The van der Waals surface area contributed by atoms with Crippen molar-refractivity contribution in [3.63, 3.8) is 0 Å². The lowest BCUT2D eigenvalue weighted by Gasteiger charge is -2.08. The average Bonchev–Trinajstić information content (AvgIpc) is 3.50. The fourth-order valence-corrected chi connectivity index (χ4v) is 4.15. The first-order valence-electron chi connectivity index (χ1n) is 11.4. The van der Waals surface area contributed by atoms with Crippen LogP contribution in [0.25, 0.3) is 34.2 Å². The number of carbonyl (C=O) groups excluding carboxylic acids is 1. The van der Waals surface area contributed by atoms with Crippen molar-refractivity contribution in [2.75, 3.05) is 0 Å². The van der Waals surface area contributed by atoms with E-state index in [0.717, 1.165) is 22.4 Å². The summed E-state index contributed by atoms with van der Waals surface area (Å²) in [7, 11) is 1.52. The van der Waals surface area contributed by atoms with Crippen LogP contribution in [0, 0.1) is 6.92 Å². The van der Waals surface area contributed by atoms with Crippen molar-refractivity contribution in [1.29, 1.82) is 0 Å². The van der Waals surface area contributed by atoms with Crippen molar-refractivity contribution < 1.29 is 9.18 Å². The third kappa shape index (κ3) is 4.65. The molecule has 10 heteroatoms. The summed E-state index contributed by atoms with van der Waals surface area (Å²) < 4.78 is 17.3. The molecule has 0 aliphatic rings. The van der Waals surface area contributed by atoms with Gasteiger partial charge in [-0.1, -0.05) is 30.3 Å². The molecule has 1 amide bonds. The number of benzene rings is 1. The number of carbonyl (C=O) groups is 1. The van der Waals surface area contributed by atoms with Gasteiger partial charge in [-0.15, -0.1) is 0 Å². The zero-order chi connectivity index (χ0) is 25.2. The number of rotatable bonds is 7. The van der Waals surface area contributed by atoms with E-state index in [1.807, 2.05) is 66.3 Å². The van der Waals surface area contributed by atoms with Gasteiger partial charge < -0.3 is 5.73 Å². The largest absolute Gasteiger partial charge is 0.366 e. The average molecular weight is 479 g/mol. The minimum absolute atomic E-state index is 0.442. The van der Waals surface area contributed by atoms with E-state index < -0.39 is 12.0 Å². The van der Waals surface area contributed by atoms with Crippen molar-refractivity contribution >= 4 is 25.5 Å². The number of aryl methyl sites for hydroxylation is 1. The topological polar surface area (TPSA) is 104 Å². The van der Waals surface area contributed by atoms with E-state index in [1.165, 1.54) is 20.2 Å². The molecule has 0 aliphatic carbocycles. The van der Waals surface area contributed by atoms with E-state index in [-0.39, 0.29) is 0 Å². The Morgan fingerprint density at radius 1 is 1.17 bits per heavy atom. The molecular weight excluding hydrogens is 456 g/mol. The van der Waals surface area contributed by atoms with Gasteiger partial charge in [0.1, 0.15) is 12.0 Å². The normalized spacial score (nSPS) is 12.4. The Morgan fingerprint density at radius 2 is 2.00 bits per heavy atom. The molecule has 0 saturated carbocycles. The highest BCUT2D eigenvalue weighted by molar-refractivity contribution is 6.11. The fraction of sp³-hybridized carbons (Fsp3) is 0.115. The Morgan fingerprint density at radius 3 is 2.78 bits per heavy atom. The molecule has 5 rings (SSSR count). The molecule has 4 heterocycles. The van der Waals surface area contributed by atoms with Gasteiger partial charge in [-0.25, -0.2) is 9.50 Å². The van der Waals surface area contributed by atoms with Crippen molar-refractivity contribution in [1.82, 2.24) is 29.4 Å². The van der Waals surface area contributed by atoms with Crippen LogP contribution in [0.1, 0.15) is 28.6 Å². The van der Waals surface area contributed by atoms with Crippen LogP contribution >= 0.6 is 0 Å². The third-order valence-corrected chi connectivity index (χ3v) is 5.82. The number of hydrogen-bond acceptors (Lipinski definition) is 5. The van der Waals surface area contributed by atoms with Crippen LogP contribution in [0.3, 0.4) is 0 Å². The Bertz CT molecular complexity index is 1610. The Labute approximate surface area is 207 Å². The maximum absolute atomic E-state index is 13.9. The number of pyridine rings is 2. The molecule has 0 saturated heterocycles. The van der Waals surface area contributed by atoms with Gasteiger partial charge in [-0.05, 0) is 48.4 Å². The smallest absolute Gasteiger partial charge is 0.241 e. The summed E-state index contributed by atoms with van der Waals surface area (Å²) in [4.78, 5) is 20.5. The second-order valence-corrected chi connectivity index (χ2v) is 8.51. The second-order valence-electron chi connectivity index (χ2n) is 8.51. The first-order chi connectivity index (χ1) is 17.4. The first-order valence-corrected chi connectivity index (χ1v) is 11.4. The Hall–Kier alpha value is -4.60. The third-order valence-electron chi connectivity index (χ3n) is 5.82. The molecule has 4 aromatic heterocycles. The number of hydrogen-bond donors (Lipinski definition) is 1. The van der Waals surface area contributed by atoms with Crippen LogP contribution < -0.4 is 5.73 Å². The summed E-state index contributed by atoms with van der Waals surface area (Å²) >= 11 is 0. The molecule has 8 nitrogen and oxygen atoms in total. The molecule has 1 aromatic carbocycles. The lowest BCUT2D eigenvalue weighted by molar-refractivity contribution is -0.113. The van der Waals surface area contributed by atoms with Crippen LogP contribution in [-0.4, -0.2) is 43.1 Å². The molecule has 1 unspecified atom stereocenters. The molecular formula is C26H23BFN7O. The zero-order valence-electron chi connectivity index (χ0n) is 19.8. The predicted octanol–water partition coefficient (Wildman–Crippen LogP) is 3.11. The second kappa shape index (κ2) is 9.57. The summed E-state index contributed by atoms with van der Waals surface area (Å²) in [5.74, 6) is -0.573. The maximum Gasteiger partial charge on any atom is 0.241 e. The van der Waals surface area contributed by atoms with Gasteiger partial charge in [-0.3, -0.25) is 18.9 Å². The minimum Gasteiger partial charge on any atom is -0.366 e. The number of nitrogens with two attached hydrogens (primary N) is 1. The van der Waals surface area contributed by atoms with Crippen LogP contribution in [0.2, 0.25) is 0 Å². The lowest BCUT2D eigenvalue weighted by atomic mass is 9.93. The van der Waals surface area contributed by atoms with E-state index in [4.69, 9.17) is 15.8 Å². The summed E-state index contributed by atoms with van der Waals surface area (Å²) in [6.45, 7) is 2.36. The summed E-state index contributed by atoms with van der Waals surface area (Å²) in [6.07, 6.45) is 5.23. The summed E-state index contributed by atoms with van der Waals surface area (Å²) in [5, 5.41) is 9.20. The number of alkyl halides is 1. The molecule has 5 aromatic rings. The van der Waals surface area contributed by atoms with Gasteiger partial charge in [0, 0.05) is 29.1 Å². The van der Waals surface area contributed by atoms with E-state index in [2.05, 4.69) is 10.1 Å². The molecule has 0 aliphatic heterocycles. The number of primary amides is 1.